The van der Waals surface area contributed by atoms with Crippen molar-refractivity contribution >= 4 is 11.6 Å². The molecule has 0 N–H and O–H groups in total. The third kappa shape index (κ3) is 3.99. The highest BCUT2D eigenvalue weighted by Gasteiger charge is 2.49. The number of anilines is 1. The van der Waals surface area contributed by atoms with Gasteiger partial charge >= 0.3 is 0 Å². The third-order valence-corrected chi connectivity index (χ3v) is 6.42. The summed E-state index contributed by atoms with van der Waals surface area (Å²) in [6.07, 6.45) is 2.32. The first-order chi connectivity index (χ1) is 15.0. The van der Waals surface area contributed by atoms with E-state index in [9.17, 15) is 13.6 Å². The van der Waals surface area contributed by atoms with Crippen LogP contribution in [0.1, 0.15) is 58.8 Å². The zero-order chi connectivity index (χ0) is 21.5. The highest BCUT2D eigenvalue weighted by molar-refractivity contribution is 6.07. The fourth-order valence-electron chi connectivity index (χ4n) is 4.67. The summed E-state index contributed by atoms with van der Waals surface area (Å²) in [5.41, 5.74) is 2.39. The van der Waals surface area contributed by atoms with E-state index in [4.69, 9.17) is 0 Å². The molecule has 1 heterocycles. The molecule has 3 aromatic rings. The quantitative estimate of drug-likeness (QED) is 0.489. The molecule has 2 aromatic carbocycles. The normalized spacial score (nSPS) is 20.1. The van der Waals surface area contributed by atoms with Crippen LogP contribution in [0.3, 0.4) is 0 Å². The molecule has 2 saturated carbocycles. The molecular formula is C25H25F2N3O. The van der Waals surface area contributed by atoms with Gasteiger partial charge in [-0.15, -0.1) is 0 Å². The van der Waals surface area contributed by atoms with E-state index in [0.717, 1.165) is 29.2 Å². The summed E-state index contributed by atoms with van der Waals surface area (Å²) in [5, 5.41) is 3.85. The van der Waals surface area contributed by atoms with Crippen LogP contribution in [0.5, 0.6) is 0 Å². The molecule has 4 nitrogen and oxygen atoms in total. The Morgan fingerprint density at radius 3 is 2.55 bits per heavy atom. The van der Waals surface area contributed by atoms with E-state index < -0.39 is 18.0 Å². The number of hydrogen-bond donors (Lipinski definition) is 0. The Morgan fingerprint density at radius 2 is 1.84 bits per heavy atom. The molecular weight excluding hydrogens is 396 g/mol. The molecule has 2 atom stereocenters. The zero-order valence-electron chi connectivity index (χ0n) is 17.4. The highest BCUT2D eigenvalue weighted by atomic mass is 19.3. The maximum Gasteiger partial charge on any atom is 0.282 e. The average Bonchev–Trinajstić information content (AvgIpc) is 3.68. The average molecular weight is 421 g/mol. The first kappa shape index (κ1) is 19.9. The van der Waals surface area contributed by atoms with E-state index in [1.54, 1.807) is 11.9 Å². The summed E-state index contributed by atoms with van der Waals surface area (Å²) in [7, 11) is 1.56. The largest absolute Gasteiger partial charge is 0.304 e. The minimum Gasteiger partial charge on any atom is -0.304 e. The topological polar surface area (TPSA) is 38.1 Å². The molecule has 0 bridgehead atoms. The number of nitrogens with zero attached hydrogens (tertiary/aromatic N) is 3. The second-order valence-electron chi connectivity index (χ2n) is 8.68. The second kappa shape index (κ2) is 7.91. The lowest BCUT2D eigenvalue weighted by atomic mass is 10.0. The van der Waals surface area contributed by atoms with Gasteiger partial charge in [0.25, 0.3) is 12.3 Å². The molecule has 5 rings (SSSR count). The minimum absolute atomic E-state index is 0.0437. The van der Waals surface area contributed by atoms with Crippen LogP contribution in [0.2, 0.25) is 0 Å². The zero-order valence-corrected chi connectivity index (χ0v) is 17.4. The van der Waals surface area contributed by atoms with Gasteiger partial charge in [-0.3, -0.25) is 9.48 Å². The van der Waals surface area contributed by atoms with Crippen molar-refractivity contribution in [2.45, 2.75) is 38.2 Å². The van der Waals surface area contributed by atoms with E-state index >= 15 is 0 Å². The predicted molar refractivity (Wildman–Crippen MR) is 115 cm³/mol. The molecule has 2 aliphatic rings. The van der Waals surface area contributed by atoms with Crippen molar-refractivity contribution in [3.05, 3.63) is 83.2 Å². The number of benzene rings is 2. The van der Waals surface area contributed by atoms with Gasteiger partial charge in [0.1, 0.15) is 5.69 Å². The molecule has 0 spiro atoms. The molecule has 2 fully saturated rings. The fourth-order valence-corrected chi connectivity index (χ4v) is 4.67. The third-order valence-electron chi connectivity index (χ3n) is 6.42. The summed E-state index contributed by atoms with van der Waals surface area (Å²) in [6.45, 7) is 0.315. The van der Waals surface area contributed by atoms with Crippen molar-refractivity contribution in [1.82, 2.24) is 9.78 Å². The number of carbonyl (C=O) groups is 1. The van der Waals surface area contributed by atoms with Crippen LogP contribution >= 0.6 is 0 Å². The predicted octanol–water partition coefficient (Wildman–Crippen LogP) is 5.72. The number of aromatic nitrogens is 2. The number of halogens is 2. The summed E-state index contributed by atoms with van der Waals surface area (Å²) >= 11 is 0. The van der Waals surface area contributed by atoms with E-state index in [-0.39, 0.29) is 5.56 Å². The Kier molecular flexibility index (Phi) is 5.08. The summed E-state index contributed by atoms with van der Waals surface area (Å²) in [6, 6.07) is 17.6. The van der Waals surface area contributed by atoms with E-state index in [1.165, 1.54) is 23.7 Å². The van der Waals surface area contributed by atoms with E-state index in [1.807, 2.05) is 48.5 Å². The van der Waals surface area contributed by atoms with Crippen molar-refractivity contribution in [3.8, 4) is 0 Å². The molecule has 0 aliphatic heterocycles. The Morgan fingerprint density at radius 1 is 1.13 bits per heavy atom. The van der Waals surface area contributed by atoms with Gasteiger partial charge in [0.2, 0.25) is 0 Å². The van der Waals surface area contributed by atoms with Gasteiger partial charge in [0.05, 0.1) is 12.1 Å². The van der Waals surface area contributed by atoms with Gasteiger partial charge in [-0.25, -0.2) is 8.78 Å². The van der Waals surface area contributed by atoms with Crippen molar-refractivity contribution in [3.63, 3.8) is 0 Å². The maximum absolute atomic E-state index is 13.7. The molecule has 2 aliphatic carbocycles. The number of para-hydroxylation sites is 1. The summed E-state index contributed by atoms with van der Waals surface area (Å²) in [4.78, 5) is 15.3. The molecule has 0 radical (unpaired) electrons. The number of alkyl halides is 2. The standard InChI is InChI=1S/C25H25F2N3O/c1-29-15-21(23(28-29)24(26)27)25(31)30(14-16-7-3-2-4-8-16)22-10-6-5-9-18(22)20-13-19(20)17-11-12-17/h2-10,15,17,19-20,24H,11-14H2,1H3. The number of aryl methyl sites for hydroxylation is 1. The van der Waals surface area contributed by atoms with Crippen LogP contribution in [-0.4, -0.2) is 15.7 Å². The number of hydrogen-bond acceptors (Lipinski definition) is 2. The first-order valence-electron chi connectivity index (χ1n) is 10.8. The molecule has 1 aromatic heterocycles. The van der Waals surface area contributed by atoms with Crippen molar-refractivity contribution in [2.75, 3.05) is 4.90 Å². The van der Waals surface area contributed by atoms with E-state index in [0.29, 0.717) is 18.4 Å². The van der Waals surface area contributed by atoms with Gasteiger partial charge in [-0.05, 0) is 54.2 Å². The van der Waals surface area contributed by atoms with E-state index in [2.05, 4.69) is 11.2 Å². The lowest BCUT2D eigenvalue weighted by Gasteiger charge is -2.26. The lowest BCUT2D eigenvalue weighted by Crippen LogP contribution is -2.31. The van der Waals surface area contributed by atoms with Gasteiger partial charge < -0.3 is 4.90 Å². The smallest absolute Gasteiger partial charge is 0.282 e. The van der Waals surface area contributed by atoms with Gasteiger partial charge in [-0.2, -0.15) is 5.10 Å². The van der Waals surface area contributed by atoms with Crippen molar-refractivity contribution in [1.29, 1.82) is 0 Å². The molecule has 0 saturated heterocycles. The molecule has 160 valence electrons. The molecule has 2 unspecified atom stereocenters. The fraction of sp³-hybridized carbons (Fsp3) is 0.360. The monoisotopic (exact) mass is 421 g/mol. The van der Waals surface area contributed by atoms with Crippen molar-refractivity contribution < 1.29 is 13.6 Å². The highest BCUT2D eigenvalue weighted by Crippen LogP contribution is 2.60. The summed E-state index contributed by atoms with van der Waals surface area (Å²) < 4.78 is 28.5. The number of carbonyl (C=O) groups excluding carboxylic acids is 1. The van der Waals surface area contributed by atoms with Crippen LogP contribution in [0.15, 0.2) is 60.8 Å². The molecule has 31 heavy (non-hydrogen) atoms. The Labute approximate surface area is 180 Å². The van der Waals surface area contributed by atoms with Crippen LogP contribution in [-0.2, 0) is 13.6 Å². The summed E-state index contributed by atoms with van der Waals surface area (Å²) in [5.74, 6) is 1.49. The van der Waals surface area contributed by atoms with Crippen LogP contribution in [0.4, 0.5) is 14.5 Å². The Hall–Kier alpha value is -3.02. The number of amides is 1. The van der Waals surface area contributed by atoms with Gasteiger partial charge in [0, 0.05) is 18.9 Å². The Balaban J connectivity index is 1.55. The van der Waals surface area contributed by atoms with Gasteiger partial charge in [0.15, 0.2) is 0 Å². The van der Waals surface area contributed by atoms with Crippen molar-refractivity contribution in [2.24, 2.45) is 18.9 Å². The van der Waals surface area contributed by atoms with Gasteiger partial charge in [-0.1, -0.05) is 48.5 Å². The minimum atomic E-state index is -2.81. The van der Waals surface area contributed by atoms with Crippen LogP contribution < -0.4 is 4.90 Å². The van der Waals surface area contributed by atoms with Crippen LogP contribution in [0, 0.1) is 11.8 Å². The molecule has 1 amide bonds. The SMILES string of the molecule is Cn1cc(C(=O)N(Cc2ccccc2)c2ccccc2C2CC2C2CC2)c(C(F)F)n1. The first-order valence-corrected chi connectivity index (χ1v) is 10.8. The van der Waals surface area contributed by atoms with Crippen LogP contribution in [0.25, 0.3) is 0 Å². The Bertz CT molecular complexity index is 1090. The number of rotatable bonds is 7. The maximum atomic E-state index is 13.7. The second-order valence-corrected chi connectivity index (χ2v) is 8.68. The molecule has 6 heteroatoms. The lowest BCUT2D eigenvalue weighted by molar-refractivity contribution is 0.0970.